The van der Waals surface area contributed by atoms with Crippen LogP contribution in [-0.4, -0.2) is 30.3 Å². The van der Waals surface area contributed by atoms with Gasteiger partial charge in [-0.15, -0.1) is 0 Å². The number of hydrogen-bond acceptors (Lipinski definition) is 6. The summed E-state index contributed by atoms with van der Waals surface area (Å²) in [5.41, 5.74) is 2.41. The maximum absolute atomic E-state index is 10.3. The summed E-state index contributed by atoms with van der Waals surface area (Å²) in [4.78, 5) is 5.63. The molecular weight excluding hydrogens is 345 g/mol. The summed E-state index contributed by atoms with van der Waals surface area (Å²) in [7, 11) is 0.878. The molecule has 7 heteroatoms. The fourth-order valence-corrected chi connectivity index (χ4v) is 3.23. The third-order valence-electron chi connectivity index (χ3n) is 3.82. The molecule has 0 spiro atoms. The molecule has 0 amide bonds. The Labute approximate surface area is 157 Å². The number of rotatable bonds is 10. The molecule has 0 fully saturated rings. The Balaban J connectivity index is 1.46. The van der Waals surface area contributed by atoms with E-state index in [-0.39, 0.29) is 0 Å². The Morgan fingerprint density at radius 3 is 2.62 bits per heavy atom. The van der Waals surface area contributed by atoms with Crippen molar-refractivity contribution in [3.8, 4) is 0 Å². The molecule has 1 N–H and O–H groups in total. The number of benzene rings is 2. The zero-order chi connectivity index (χ0) is 18.0. The Morgan fingerprint density at radius 1 is 1.04 bits per heavy atom. The summed E-state index contributed by atoms with van der Waals surface area (Å²) in [5, 5.41) is 7.12. The van der Waals surface area contributed by atoms with Crippen molar-refractivity contribution in [2.24, 2.45) is 0 Å². The monoisotopic (exact) mass is 365 g/mol. The van der Waals surface area contributed by atoms with Crippen LogP contribution >= 0.6 is 11.8 Å². The van der Waals surface area contributed by atoms with E-state index in [1.807, 2.05) is 18.2 Å². The van der Waals surface area contributed by atoms with Crippen molar-refractivity contribution < 1.29 is 9.23 Å². The third kappa shape index (κ3) is 5.93. The van der Waals surface area contributed by atoms with Crippen molar-refractivity contribution in [3.05, 3.63) is 77.4 Å². The van der Waals surface area contributed by atoms with Crippen molar-refractivity contribution in [1.82, 2.24) is 15.5 Å². The predicted octanol–water partition coefficient (Wildman–Crippen LogP) is 3.09. The standard InChI is InChI=1S/C19H20BN3O2S/c24-20-14-21-11-10-15-6-8-17(9-7-15)26-13-18-22-19(25-23-18)12-16-4-2-1-3-5-16/h1-9,21H,10-14H2. The first kappa shape index (κ1) is 18.5. The van der Waals surface area contributed by atoms with Gasteiger partial charge in [0.2, 0.25) is 5.89 Å². The molecule has 1 heterocycles. The molecular formula is C19H20BN3O2S. The van der Waals surface area contributed by atoms with Gasteiger partial charge < -0.3 is 4.52 Å². The summed E-state index contributed by atoms with van der Waals surface area (Å²) in [6.45, 7) is 0.804. The Kier molecular flexibility index (Phi) is 7.16. The minimum absolute atomic E-state index is 0.408. The Bertz CT molecular complexity index is 809. The van der Waals surface area contributed by atoms with Crippen molar-refractivity contribution in [2.75, 3.05) is 13.0 Å². The zero-order valence-electron chi connectivity index (χ0n) is 14.4. The predicted molar refractivity (Wildman–Crippen MR) is 103 cm³/mol. The first-order valence-electron chi connectivity index (χ1n) is 8.55. The van der Waals surface area contributed by atoms with E-state index in [2.05, 4.69) is 51.9 Å². The van der Waals surface area contributed by atoms with Crippen molar-refractivity contribution >= 4 is 18.9 Å². The normalized spacial score (nSPS) is 10.6. The number of nitrogens with zero attached hydrogens (tertiary/aromatic N) is 2. The third-order valence-corrected chi connectivity index (χ3v) is 4.83. The molecule has 0 aliphatic heterocycles. The molecule has 5 nitrogen and oxygen atoms in total. The molecule has 0 unspecified atom stereocenters. The molecule has 0 saturated carbocycles. The first-order valence-corrected chi connectivity index (χ1v) is 9.53. The van der Waals surface area contributed by atoms with Gasteiger partial charge in [0, 0.05) is 0 Å². The molecule has 0 atom stereocenters. The maximum atomic E-state index is 10.3. The van der Waals surface area contributed by atoms with Crippen molar-refractivity contribution in [3.63, 3.8) is 0 Å². The fourth-order valence-electron chi connectivity index (χ4n) is 2.48. The molecule has 0 bridgehead atoms. The van der Waals surface area contributed by atoms with Crippen LogP contribution in [0.1, 0.15) is 22.8 Å². The first-order chi connectivity index (χ1) is 12.8. The summed E-state index contributed by atoms with van der Waals surface area (Å²) in [5.74, 6) is 2.03. The SMILES string of the molecule is O=BCNCCc1ccc(SCc2noc(Cc3ccccc3)n2)cc1. The van der Waals surface area contributed by atoms with E-state index in [1.165, 1.54) is 10.5 Å². The van der Waals surface area contributed by atoms with Crippen molar-refractivity contribution in [2.45, 2.75) is 23.5 Å². The van der Waals surface area contributed by atoms with E-state index < -0.39 is 0 Å². The van der Waals surface area contributed by atoms with Gasteiger partial charge in [0.1, 0.15) is 0 Å². The summed E-state index contributed by atoms with van der Waals surface area (Å²) < 4.78 is 15.6. The summed E-state index contributed by atoms with van der Waals surface area (Å²) in [6.07, 6.45) is 1.97. The molecule has 0 aliphatic carbocycles. The van der Waals surface area contributed by atoms with Crippen LogP contribution < -0.4 is 5.32 Å². The van der Waals surface area contributed by atoms with Crippen LogP contribution in [-0.2, 0) is 23.3 Å². The Hall–Kier alpha value is -2.25. The van der Waals surface area contributed by atoms with Gasteiger partial charge in [-0.3, -0.25) is 0 Å². The second kappa shape index (κ2) is 10.0. The quantitative estimate of drug-likeness (QED) is 0.338. The zero-order valence-corrected chi connectivity index (χ0v) is 15.2. The second-order valence-corrected chi connectivity index (χ2v) is 6.87. The molecule has 26 heavy (non-hydrogen) atoms. The number of thioether (sulfide) groups is 1. The van der Waals surface area contributed by atoms with Gasteiger partial charge in [-0.1, -0.05) is 30.3 Å². The molecule has 3 rings (SSSR count). The number of hydrogen-bond donors (Lipinski definition) is 1. The van der Waals surface area contributed by atoms with Gasteiger partial charge >= 0.3 is 105 Å². The van der Waals surface area contributed by atoms with Gasteiger partial charge in [-0.25, -0.2) is 0 Å². The molecule has 0 radical (unpaired) electrons. The fraction of sp³-hybridized carbons (Fsp3) is 0.263. The number of nitrogens with one attached hydrogen (secondary N) is 1. The minimum atomic E-state index is 0.408. The van der Waals surface area contributed by atoms with E-state index in [9.17, 15) is 4.70 Å². The van der Waals surface area contributed by atoms with Gasteiger partial charge in [0.05, 0.1) is 6.42 Å². The van der Waals surface area contributed by atoms with Gasteiger partial charge in [-0.2, -0.15) is 0 Å². The molecule has 3 aromatic rings. The number of aromatic nitrogens is 2. The van der Waals surface area contributed by atoms with Crippen LogP contribution in [0.15, 0.2) is 64.0 Å². The molecule has 2 aromatic carbocycles. The summed E-state index contributed by atoms with van der Waals surface area (Å²) >= 11 is 1.69. The van der Waals surface area contributed by atoms with Gasteiger partial charge in [0.15, 0.2) is 0 Å². The molecule has 1 aromatic heterocycles. The van der Waals surface area contributed by atoms with Crippen LogP contribution in [0, 0.1) is 0 Å². The van der Waals surface area contributed by atoms with Crippen LogP contribution in [0.5, 0.6) is 0 Å². The van der Waals surface area contributed by atoms with Crippen LogP contribution in [0.4, 0.5) is 0 Å². The average Bonchev–Trinajstić information content (AvgIpc) is 3.13. The van der Waals surface area contributed by atoms with Gasteiger partial charge in [-0.05, 0) is 5.56 Å². The van der Waals surface area contributed by atoms with E-state index in [1.54, 1.807) is 11.8 Å². The second-order valence-electron chi connectivity index (χ2n) is 5.82. The Morgan fingerprint density at radius 2 is 1.85 bits per heavy atom. The van der Waals surface area contributed by atoms with Crippen molar-refractivity contribution in [1.29, 1.82) is 0 Å². The summed E-state index contributed by atoms with van der Waals surface area (Å²) in [6, 6.07) is 18.5. The average molecular weight is 365 g/mol. The van der Waals surface area contributed by atoms with E-state index in [4.69, 9.17) is 4.52 Å². The van der Waals surface area contributed by atoms with Crippen LogP contribution in [0.3, 0.4) is 0 Å². The topological polar surface area (TPSA) is 68.0 Å². The van der Waals surface area contributed by atoms with E-state index in [0.29, 0.717) is 30.3 Å². The van der Waals surface area contributed by atoms with E-state index >= 15 is 0 Å². The van der Waals surface area contributed by atoms with Crippen LogP contribution in [0.25, 0.3) is 0 Å². The van der Waals surface area contributed by atoms with E-state index in [0.717, 1.165) is 25.7 Å². The molecule has 0 saturated heterocycles. The van der Waals surface area contributed by atoms with Gasteiger partial charge in [0.25, 0.3) is 0 Å². The molecule has 132 valence electrons. The van der Waals surface area contributed by atoms with Crippen LogP contribution in [0.2, 0.25) is 0 Å². The molecule has 0 aliphatic rings.